The van der Waals surface area contributed by atoms with Gasteiger partial charge in [0, 0.05) is 12.7 Å². The van der Waals surface area contributed by atoms with E-state index in [1.54, 1.807) is 0 Å². The van der Waals surface area contributed by atoms with Crippen LogP contribution in [0.1, 0.15) is 45.4 Å². The lowest BCUT2D eigenvalue weighted by Gasteiger charge is -2.19. The number of hydrogen-bond donors (Lipinski definition) is 1. The second-order valence-electron chi connectivity index (χ2n) is 6.23. The normalized spacial score (nSPS) is 11.8. The molecule has 0 aliphatic heterocycles. The van der Waals surface area contributed by atoms with Crippen LogP contribution in [-0.2, 0) is 12.0 Å². The quantitative estimate of drug-likeness (QED) is 0.841. The summed E-state index contributed by atoms with van der Waals surface area (Å²) in [4.78, 5) is 0. The molecule has 0 aliphatic carbocycles. The fraction of sp³-hybridized carbons (Fsp3) is 0.471. The second kappa shape index (κ2) is 6.23. The van der Waals surface area contributed by atoms with E-state index in [1.165, 1.54) is 5.56 Å². The Bertz CT molecular complexity index is 532. The molecule has 0 unspecified atom stereocenters. The van der Waals surface area contributed by atoms with E-state index in [4.69, 9.17) is 0 Å². The molecule has 0 saturated heterocycles. The fourth-order valence-corrected chi connectivity index (χ4v) is 2.11. The van der Waals surface area contributed by atoms with Crippen molar-refractivity contribution in [2.45, 2.75) is 46.1 Å². The van der Waals surface area contributed by atoms with Crippen molar-refractivity contribution >= 4 is 0 Å². The third-order valence-corrected chi connectivity index (χ3v) is 3.38. The van der Waals surface area contributed by atoms with Crippen LogP contribution in [0.3, 0.4) is 0 Å². The molecule has 1 aromatic heterocycles. The van der Waals surface area contributed by atoms with Crippen LogP contribution >= 0.6 is 0 Å². The molecule has 1 aromatic carbocycles. The van der Waals surface area contributed by atoms with Crippen LogP contribution in [0.25, 0.3) is 5.69 Å². The van der Waals surface area contributed by atoms with E-state index in [2.05, 4.69) is 68.4 Å². The maximum Gasteiger partial charge on any atom is 0.0766 e. The van der Waals surface area contributed by atoms with E-state index in [-0.39, 0.29) is 5.41 Å². The van der Waals surface area contributed by atoms with Gasteiger partial charge in [0.25, 0.3) is 0 Å². The van der Waals surface area contributed by atoms with Gasteiger partial charge in [-0.05, 0) is 42.1 Å². The molecule has 108 valence electrons. The largest absolute Gasteiger partial charge is 0.311 e. The lowest BCUT2D eigenvalue weighted by molar-refractivity contribution is 0.590. The molecule has 0 spiro atoms. The Kier molecular flexibility index (Phi) is 4.61. The Morgan fingerprint density at radius 2 is 1.80 bits per heavy atom. The Hall–Kier alpha value is -1.61. The molecule has 0 radical (unpaired) electrons. The van der Waals surface area contributed by atoms with Crippen molar-refractivity contribution in [2.24, 2.45) is 0 Å². The third-order valence-electron chi connectivity index (χ3n) is 3.38. The van der Waals surface area contributed by atoms with Gasteiger partial charge in [-0.3, -0.25) is 0 Å². The molecular weight excluding hydrogens is 246 g/mol. The zero-order valence-corrected chi connectivity index (χ0v) is 13.0. The maximum absolute atomic E-state index is 4.60. The predicted molar refractivity (Wildman–Crippen MR) is 84.3 cm³/mol. The number of hydrogen-bond acceptors (Lipinski definition) is 2. The molecule has 0 aliphatic rings. The van der Waals surface area contributed by atoms with Crippen molar-refractivity contribution < 1.29 is 0 Å². The van der Waals surface area contributed by atoms with Gasteiger partial charge in [-0.1, -0.05) is 39.8 Å². The summed E-state index contributed by atoms with van der Waals surface area (Å²) < 4.78 is 1.94. The average molecular weight is 271 g/mol. The highest BCUT2D eigenvalue weighted by atomic mass is 15.3. The molecule has 3 heteroatoms. The number of nitrogens with one attached hydrogen (secondary N) is 1. The molecule has 0 fully saturated rings. The predicted octanol–water partition coefficient (Wildman–Crippen LogP) is 3.67. The minimum absolute atomic E-state index is 0.192. The molecule has 0 amide bonds. The Labute approximate surface area is 122 Å². The van der Waals surface area contributed by atoms with E-state index in [0.717, 1.165) is 30.9 Å². The summed E-state index contributed by atoms with van der Waals surface area (Å²) in [6.07, 6.45) is 3.17. The van der Waals surface area contributed by atoms with E-state index < -0.39 is 0 Å². The molecule has 2 aromatic rings. The van der Waals surface area contributed by atoms with Crippen LogP contribution < -0.4 is 5.32 Å². The molecule has 1 heterocycles. The lowest BCUT2D eigenvalue weighted by Crippen LogP contribution is -2.14. The minimum atomic E-state index is 0.192. The van der Waals surface area contributed by atoms with Crippen molar-refractivity contribution in [1.82, 2.24) is 15.1 Å². The van der Waals surface area contributed by atoms with Crippen molar-refractivity contribution in [3.05, 3.63) is 47.8 Å². The number of rotatable bonds is 5. The standard InChI is InChI=1S/C17H25N3/c1-5-11-18-13-15-10-12-20(19-15)16-8-6-14(7-9-16)17(2,3)4/h6-10,12,18H,5,11,13H2,1-4H3. The van der Waals surface area contributed by atoms with Crippen LogP contribution in [0.4, 0.5) is 0 Å². The Morgan fingerprint density at radius 3 is 2.40 bits per heavy atom. The number of nitrogens with zero attached hydrogens (tertiary/aromatic N) is 2. The topological polar surface area (TPSA) is 29.9 Å². The highest BCUT2D eigenvalue weighted by Crippen LogP contribution is 2.23. The molecule has 0 saturated carbocycles. The van der Waals surface area contributed by atoms with Crippen LogP contribution in [0.5, 0.6) is 0 Å². The first kappa shape index (κ1) is 14.8. The summed E-state index contributed by atoms with van der Waals surface area (Å²) in [6, 6.07) is 10.7. The molecule has 20 heavy (non-hydrogen) atoms. The molecular formula is C17H25N3. The van der Waals surface area contributed by atoms with Gasteiger partial charge < -0.3 is 5.32 Å². The third kappa shape index (κ3) is 3.70. The average Bonchev–Trinajstić information content (AvgIpc) is 2.87. The summed E-state index contributed by atoms with van der Waals surface area (Å²) in [7, 11) is 0. The van der Waals surface area contributed by atoms with Crippen molar-refractivity contribution in [2.75, 3.05) is 6.54 Å². The minimum Gasteiger partial charge on any atom is -0.311 e. The van der Waals surface area contributed by atoms with Crippen molar-refractivity contribution in [1.29, 1.82) is 0 Å². The zero-order chi connectivity index (χ0) is 14.6. The summed E-state index contributed by atoms with van der Waals surface area (Å²) in [5.74, 6) is 0. The van der Waals surface area contributed by atoms with E-state index >= 15 is 0 Å². The Morgan fingerprint density at radius 1 is 1.10 bits per heavy atom. The molecule has 1 N–H and O–H groups in total. The van der Waals surface area contributed by atoms with Gasteiger partial charge in [0.1, 0.15) is 0 Å². The van der Waals surface area contributed by atoms with Gasteiger partial charge in [0.2, 0.25) is 0 Å². The summed E-state index contributed by atoms with van der Waals surface area (Å²) in [5.41, 5.74) is 3.73. The SMILES string of the molecule is CCCNCc1ccn(-c2ccc(C(C)(C)C)cc2)n1. The van der Waals surface area contributed by atoms with Gasteiger partial charge >= 0.3 is 0 Å². The summed E-state index contributed by atoms with van der Waals surface area (Å²) in [5, 5.41) is 7.97. The first-order chi connectivity index (χ1) is 9.50. The highest BCUT2D eigenvalue weighted by molar-refractivity contribution is 5.36. The first-order valence-corrected chi connectivity index (χ1v) is 7.37. The molecule has 3 nitrogen and oxygen atoms in total. The van der Waals surface area contributed by atoms with Crippen LogP contribution in [0.2, 0.25) is 0 Å². The van der Waals surface area contributed by atoms with Crippen LogP contribution in [0.15, 0.2) is 36.5 Å². The van der Waals surface area contributed by atoms with Crippen LogP contribution in [0, 0.1) is 0 Å². The first-order valence-electron chi connectivity index (χ1n) is 7.37. The fourth-order valence-electron chi connectivity index (χ4n) is 2.11. The lowest BCUT2D eigenvalue weighted by atomic mass is 9.87. The number of aromatic nitrogens is 2. The number of benzene rings is 1. The van der Waals surface area contributed by atoms with E-state index in [0.29, 0.717) is 0 Å². The molecule has 0 atom stereocenters. The highest BCUT2D eigenvalue weighted by Gasteiger charge is 2.13. The molecule has 0 bridgehead atoms. The monoisotopic (exact) mass is 271 g/mol. The second-order valence-corrected chi connectivity index (χ2v) is 6.23. The van der Waals surface area contributed by atoms with E-state index in [1.807, 2.05) is 10.9 Å². The van der Waals surface area contributed by atoms with Gasteiger partial charge in [-0.15, -0.1) is 0 Å². The summed E-state index contributed by atoms with van der Waals surface area (Å²) in [6.45, 7) is 10.7. The Balaban J connectivity index is 2.08. The maximum atomic E-state index is 4.60. The van der Waals surface area contributed by atoms with Crippen LogP contribution in [-0.4, -0.2) is 16.3 Å². The summed E-state index contributed by atoms with van der Waals surface area (Å²) >= 11 is 0. The van der Waals surface area contributed by atoms with Gasteiger partial charge in [-0.2, -0.15) is 5.10 Å². The van der Waals surface area contributed by atoms with E-state index in [9.17, 15) is 0 Å². The smallest absolute Gasteiger partial charge is 0.0766 e. The van der Waals surface area contributed by atoms with Gasteiger partial charge in [0.05, 0.1) is 11.4 Å². The van der Waals surface area contributed by atoms with Gasteiger partial charge in [-0.25, -0.2) is 4.68 Å². The van der Waals surface area contributed by atoms with Crippen molar-refractivity contribution in [3.8, 4) is 5.69 Å². The molecule has 2 rings (SSSR count). The zero-order valence-electron chi connectivity index (χ0n) is 13.0. The van der Waals surface area contributed by atoms with Gasteiger partial charge in [0.15, 0.2) is 0 Å². The van der Waals surface area contributed by atoms with Crippen molar-refractivity contribution in [3.63, 3.8) is 0 Å².